The van der Waals surface area contributed by atoms with E-state index >= 15 is 0 Å². The van der Waals surface area contributed by atoms with Crippen LogP contribution < -0.4 is 10.6 Å². The van der Waals surface area contributed by atoms with Gasteiger partial charge in [0.15, 0.2) is 0 Å². The van der Waals surface area contributed by atoms with E-state index in [0.29, 0.717) is 40.0 Å². The van der Waals surface area contributed by atoms with Gasteiger partial charge in [-0.3, -0.25) is 9.59 Å². The van der Waals surface area contributed by atoms with Gasteiger partial charge in [-0.25, -0.2) is 0 Å². The fraction of sp³-hybridized carbons (Fsp3) is 0.222. The SMILES string of the molecule is O=C(Nc1ccc(Cl)c(Cl)c1)c1cccc(NC(=O)[C@H]2CCCO2)c1. The molecule has 0 unspecified atom stereocenters. The molecule has 1 aliphatic heterocycles. The standard InChI is InChI=1S/C18H16Cl2N2O3/c19-14-7-6-13(10-15(14)20)21-17(23)11-3-1-4-12(9-11)22-18(24)16-5-2-8-25-16/h1,3-4,6-7,9-10,16H,2,5,8H2,(H,21,23)(H,22,24)/t16-/m1/s1. The van der Waals surface area contributed by atoms with Gasteiger partial charge in [-0.1, -0.05) is 29.3 Å². The zero-order chi connectivity index (χ0) is 17.8. The maximum atomic E-state index is 12.4. The molecular formula is C18H16Cl2N2O3. The van der Waals surface area contributed by atoms with Crippen LogP contribution in [0.4, 0.5) is 11.4 Å². The van der Waals surface area contributed by atoms with Gasteiger partial charge >= 0.3 is 0 Å². The molecule has 2 aromatic rings. The highest BCUT2D eigenvalue weighted by Gasteiger charge is 2.23. The fourth-order valence-corrected chi connectivity index (χ4v) is 2.82. The first-order chi connectivity index (χ1) is 12.0. The Hall–Kier alpha value is -2.08. The number of hydrogen-bond acceptors (Lipinski definition) is 3. The zero-order valence-corrected chi connectivity index (χ0v) is 14.7. The summed E-state index contributed by atoms with van der Waals surface area (Å²) in [5.41, 5.74) is 1.49. The number of amides is 2. The van der Waals surface area contributed by atoms with Crippen molar-refractivity contribution >= 4 is 46.4 Å². The lowest BCUT2D eigenvalue weighted by Crippen LogP contribution is -2.27. The van der Waals surface area contributed by atoms with Gasteiger partial charge in [0.25, 0.3) is 11.8 Å². The van der Waals surface area contributed by atoms with Gasteiger partial charge in [-0.15, -0.1) is 0 Å². The molecule has 2 N–H and O–H groups in total. The molecule has 1 aliphatic rings. The Morgan fingerprint density at radius 3 is 2.52 bits per heavy atom. The van der Waals surface area contributed by atoms with E-state index in [4.69, 9.17) is 27.9 Å². The topological polar surface area (TPSA) is 67.4 Å². The molecule has 0 radical (unpaired) electrons. The summed E-state index contributed by atoms with van der Waals surface area (Å²) >= 11 is 11.8. The lowest BCUT2D eigenvalue weighted by molar-refractivity contribution is -0.124. The largest absolute Gasteiger partial charge is 0.368 e. The summed E-state index contributed by atoms with van der Waals surface area (Å²) in [6, 6.07) is 11.5. The normalized spacial score (nSPS) is 16.5. The van der Waals surface area contributed by atoms with Crippen LogP contribution in [-0.4, -0.2) is 24.5 Å². The van der Waals surface area contributed by atoms with E-state index in [2.05, 4.69) is 10.6 Å². The summed E-state index contributed by atoms with van der Waals surface area (Å²) in [5.74, 6) is -0.508. The number of halogens is 2. The minimum Gasteiger partial charge on any atom is -0.368 e. The summed E-state index contributed by atoms with van der Waals surface area (Å²) in [4.78, 5) is 24.5. The fourth-order valence-electron chi connectivity index (χ4n) is 2.52. The molecule has 7 heteroatoms. The van der Waals surface area contributed by atoms with E-state index in [-0.39, 0.29) is 11.8 Å². The average molecular weight is 379 g/mol. The number of rotatable bonds is 4. The van der Waals surface area contributed by atoms with Crippen LogP contribution in [0.25, 0.3) is 0 Å². The Morgan fingerprint density at radius 1 is 1.00 bits per heavy atom. The number of nitrogens with one attached hydrogen (secondary N) is 2. The smallest absolute Gasteiger partial charge is 0.255 e. The van der Waals surface area contributed by atoms with Gasteiger partial charge in [-0.2, -0.15) is 0 Å². The Morgan fingerprint density at radius 2 is 1.80 bits per heavy atom. The number of hydrogen-bond donors (Lipinski definition) is 2. The van der Waals surface area contributed by atoms with Crippen LogP contribution in [0.2, 0.25) is 10.0 Å². The van der Waals surface area contributed by atoms with Crippen LogP contribution in [0.5, 0.6) is 0 Å². The molecule has 0 spiro atoms. The van der Waals surface area contributed by atoms with Crippen LogP contribution >= 0.6 is 23.2 Å². The van der Waals surface area contributed by atoms with Crippen molar-refractivity contribution < 1.29 is 14.3 Å². The van der Waals surface area contributed by atoms with E-state index < -0.39 is 6.10 Å². The molecule has 130 valence electrons. The highest BCUT2D eigenvalue weighted by atomic mass is 35.5. The Kier molecular flexibility index (Phi) is 5.58. The molecule has 0 aliphatic carbocycles. The molecular weight excluding hydrogens is 363 g/mol. The third kappa shape index (κ3) is 4.51. The first kappa shape index (κ1) is 17.7. The molecule has 1 atom stereocenters. The molecule has 0 bridgehead atoms. The summed E-state index contributed by atoms with van der Waals surface area (Å²) in [6.45, 7) is 0.601. The molecule has 1 fully saturated rings. The molecule has 2 amide bonds. The lowest BCUT2D eigenvalue weighted by atomic mass is 10.1. The maximum absolute atomic E-state index is 12.4. The predicted molar refractivity (Wildman–Crippen MR) is 98.5 cm³/mol. The first-order valence-corrected chi connectivity index (χ1v) is 8.57. The third-order valence-electron chi connectivity index (χ3n) is 3.79. The second-order valence-corrected chi connectivity index (χ2v) is 6.47. The summed E-state index contributed by atoms with van der Waals surface area (Å²) in [5, 5.41) is 6.29. The van der Waals surface area contributed by atoms with Gasteiger partial charge in [-0.05, 0) is 49.2 Å². The van der Waals surface area contributed by atoms with Crippen LogP contribution in [0.15, 0.2) is 42.5 Å². The van der Waals surface area contributed by atoms with Gasteiger partial charge in [0.2, 0.25) is 0 Å². The number of benzene rings is 2. The second-order valence-electron chi connectivity index (χ2n) is 5.65. The molecule has 0 saturated carbocycles. The number of carbonyl (C=O) groups excluding carboxylic acids is 2. The first-order valence-electron chi connectivity index (χ1n) is 7.82. The van der Waals surface area contributed by atoms with Gasteiger partial charge in [0.05, 0.1) is 10.0 Å². The van der Waals surface area contributed by atoms with E-state index in [1.54, 1.807) is 42.5 Å². The molecule has 25 heavy (non-hydrogen) atoms. The summed E-state index contributed by atoms with van der Waals surface area (Å²) in [7, 11) is 0. The van der Waals surface area contributed by atoms with Crippen molar-refractivity contribution in [2.75, 3.05) is 17.2 Å². The van der Waals surface area contributed by atoms with Crippen molar-refractivity contribution in [3.05, 3.63) is 58.1 Å². The van der Waals surface area contributed by atoms with E-state index in [1.807, 2.05) is 0 Å². The van der Waals surface area contributed by atoms with Crippen molar-refractivity contribution in [2.45, 2.75) is 18.9 Å². The van der Waals surface area contributed by atoms with E-state index in [1.165, 1.54) is 0 Å². The molecule has 5 nitrogen and oxygen atoms in total. The van der Waals surface area contributed by atoms with Crippen LogP contribution in [0.3, 0.4) is 0 Å². The van der Waals surface area contributed by atoms with Gasteiger partial charge < -0.3 is 15.4 Å². The van der Waals surface area contributed by atoms with Crippen molar-refractivity contribution in [3.63, 3.8) is 0 Å². The molecule has 1 saturated heterocycles. The molecule has 3 rings (SSSR count). The minimum atomic E-state index is -0.423. The van der Waals surface area contributed by atoms with E-state index in [0.717, 1.165) is 6.42 Å². The van der Waals surface area contributed by atoms with Crippen LogP contribution in [0, 0.1) is 0 Å². The van der Waals surface area contributed by atoms with E-state index in [9.17, 15) is 9.59 Å². The van der Waals surface area contributed by atoms with Crippen LogP contribution in [0.1, 0.15) is 23.2 Å². The predicted octanol–water partition coefficient (Wildman–Crippen LogP) is 4.36. The van der Waals surface area contributed by atoms with Crippen molar-refractivity contribution in [2.24, 2.45) is 0 Å². The highest BCUT2D eigenvalue weighted by Crippen LogP contribution is 2.25. The zero-order valence-electron chi connectivity index (χ0n) is 13.2. The Balaban J connectivity index is 1.68. The summed E-state index contributed by atoms with van der Waals surface area (Å²) in [6.07, 6.45) is 1.17. The van der Waals surface area contributed by atoms with Crippen LogP contribution in [-0.2, 0) is 9.53 Å². The minimum absolute atomic E-state index is 0.195. The number of anilines is 2. The third-order valence-corrected chi connectivity index (χ3v) is 4.53. The quantitative estimate of drug-likeness (QED) is 0.829. The summed E-state index contributed by atoms with van der Waals surface area (Å²) < 4.78 is 5.35. The van der Waals surface area contributed by atoms with Gasteiger partial charge in [0, 0.05) is 23.5 Å². The van der Waals surface area contributed by atoms with Crippen molar-refractivity contribution in [3.8, 4) is 0 Å². The second kappa shape index (κ2) is 7.87. The maximum Gasteiger partial charge on any atom is 0.255 e. The average Bonchev–Trinajstić information content (AvgIpc) is 3.13. The lowest BCUT2D eigenvalue weighted by Gasteiger charge is -2.11. The number of carbonyl (C=O) groups is 2. The molecule has 1 heterocycles. The Bertz CT molecular complexity index is 805. The number of ether oxygens (including phenoxy) is 1. The van der Waals surface area contributed by atoms with Gasteiger partial charge in [0.1, 0.15) is 6.10 Å². The molecule has 2 aromatic carbocycles. The van der Waals surface area contributed by atoms with Crippen molar-refractivity contribution in [1.82, 2.24) is 0 Å². The Labute approximate surface area is 155 Å². The monoisotopic (exact) mass is 378 g/mol. The highest BCUT2D eigenvalue weighted by molar-refractivity contribution is 6.42. The van der Waals surface area contributed by atoms with Crippen molar-refractivity contribution in [1.29, 1.82) is 0 Å². The molecule has 0 aromatic heterocycles.